The van der Waals surface area contributed by atoms with Crippen molar-refractivity contribution in [2.45, 2.75) is 44.6 Å². The number of ether oxygens (including phenoxy) is 1. The lowest BCUT2D eigenvalue weighted by Crippen LogP contribution is -2.39. The number of amides is 1. The van der Waals surface area contributed by atoms with Crippen molar-refractivity contribution in [2.75, 3.05) is 72.5 Å². The standard InChI is InChI=1S/C27H35N7O3S/c35-19-7-6-12-34(18-19)25-21(17-22-24(30-25)31-27(38-22)33-13-15-37-16-14-33)29-26(36)20-8-5-9-23(28-20)32-10-3-1-2-4-11-32/h5,8-9,17,19,35H,1-4,6-7,10-16,18H2,(H,29,36)/t19-/m1/s1. The minimum atomic E-state index is -0.420. The lowest BCUT2D eigenvalue weighted by molar-refractivity contribution is 0.102. The van der Waals surface area contributed by atoms with Gasteiger partial charge in [-0.3, -0.25) is 4.79 Å². The Morgan fingerprint density at radius 3 is 2.53 bits per heavy atom. The number of aromatic nitrogens is 3. The van der Waals surface area contributed by atoms with E-state index in [0.29, 0.717) is 42.6 Å². The van der Waals surface area contributed by atoms with Gasteiger partial charge in [0.05, 0.1) is 29.7 Å². The molecule has 38 heavy (non-hydrogen) atoms. The molecule has 0 spiro atoms. The van der Waals surface area contributed by atoms with Crippen molar-refractivity contribution in [3.8, 4) is 0 Å². The number of aliphatic hydroxyl groups excluding tert-OH is 1. The van der Waals surface area contributed by atoms with Crippen LogP contribution in [0.2, 0.25) is 0 Å². The van der Waals surface area contributed by atoms with Gasteiger partial charge in [-0.05, 0) is 43.9 Å². The molecule has 0 saturated carbocycles. The number of piperidine rings is 1. The third kappa shape index (κ3) is 5.55. The first-order valence-electron chi connectivity index (χ1n) is 13.7. The first kappa shape index (κ1) is 25.3. The number of hydrogen-bond donors (Lipinski definition) is 2. The Labute approximate surface area is 226 Å². The number of fused-ring (bicyclic) bond motifs is 1. The Hall–Kier alpha value is -3.02. The number of carbonyl (C=O) groups is 1. The molecular formula is C27H35N7O3S. The SMILES string of the molecule is O=C(Nc1cc2sc(N3CCOCC3)nc2nc1N1CCC[C@@H](O)C1)c1cccc(N2CCCCCC2)n1. The summed E-state index contributed by atoms with van der Waals surface area (Å²) in [6, 6.07) is 7.62. The van der Waals surface area contributed by atoms with Crippen molar-refractivity contribution in [3.05, 3.63) is 30.0 Å². The molecule has 3 aromatic heterocycles. The summed E-state index contributed by atoms with van der Waals surface area (Å²) >= 11 is 1.58. The Kier molecular flexibility index (Phi) is 7.57. The molecule has 10 nitrogen and oxygen atoms in total. The van der Waals surface area contributed by atoms with E-state index in [4.69, 9.17) is 19.7 Å². The third-order valence-corrected chi connectivity index (χ3v) is 8.53. The van der Waals surface area contributed by atoms with E-state index in [-0.39, 0.29) is 5.91 Å². The van der Waals surface area contributed by atoms with E-state index < -0.39 is 6.10 Å². The molecule has 3 fully saturated rings. The third-order valence-electron chi connectivity index (χ3n) is 7.47. The Balaban J connectivity index is 1.30. The fourth-order valence-corrected chi connectivity index (χ4v) is 6.42. The van der Waals surface area contributed by atoms with Gasteiger partial charge in [0.25, 0.3) is 5.91 Å². The van der Waals surface area contributed by atoms with Crippen molar-refractivity contribution in [1.29, 1.82) is 0 Å². The van der Waals surface area contributed by atoms with Crippen molar-refractivity contribution in [1.82, 2.24) is 15.0 Å². The number of nitrogens with zero attached hydrogens (tertiary/aromatic N) is 6. The second-order valence-electron chi connectivity index (χ2n) is 10.3. The van der Waals surface area contributed by atoms with Crippen LogP contribution in [0.1, 0.15) is 49.0 Å². The van der Waals surface area contributed by atoms with Crippen LogP contribution in [-0.2, 0) is 4.74 Å². The zero-order chi connectivity index (χ0) is 25.9. The molecule has 1 amide bonds. The molecule has 0 aliphatic carbocycles. The average Bonchev–Trinajstić information content (AvgIpc) is 3.17. The molecule has 202 valence electrons. The molecule has 0 aromatic carbocycles. The Morgan fingerprint density at radius 1 is 0.947 bits per heavy atom. The summed E-state index contributed by atoms with van der Waals surface area (Å²) in [6.45, 7) is 6.15. The molecule has 6 rings (SSSR count). The largest absolute Gasteiger partial charge is 0.391 e. The lowest BCUT2D eigenvalue weighted by atomic mass is 10.1. The summed E-state index contributed by atoms with van der Waals surface area (Å²) in [5.41, 5.74) is 1.66. The molecule has 1 atom stereocenters. The van der Waals surface area contributed by atoms with Crippen LogP contribution in [0.25, 0.3) is 10.3 Å². The molecule has 3 aromatic rings. The van der Waals surface area contributed by atoms with Gasteiger partial charge in [-0.25, -0.2) is 9.97 Å². The van der Waals surface area contributed by atoms with Gasteiger partial charge in [0, 0.05) is 39.3 Å². The van der Waals surface area contributed by atoms with E-state index in [2.05, 4.69) is 20.0 Å². The second kappa shape index (κ2) is 11.4. The van der Waals surface area contributed by atoms with E-state index in [9.17, 15) is 9.90 Å². The quantitative estimate of drug-likeness (QED) is 0.506. The summed E-state index contributed by atoms with van der Waals surface area (Å²) in [6.07, 6.45) is 5.99. The highest BCUT2D eigenvalue weighted by molar-refractivity contribution is 7.22. The number of anilines is 4. The van der Waals surface area contributed by atoms with Gasteiger partial charge in [0.1, 0.15) is 11.5 Å². The van der Waals surface area contributed by atoms with Crippen LogP contribution in [0.5, 0.6) is 0 Å². The second-order valence-corrected chi connectivity index (χ2v) is 11.3. The molecular weight excluding hydrogens is 502 g/mol. The topological polar surface area (TPSA) is 107 Å². The summed E-state index contributed by atoms with van der Waals surface area (Å²) in [5, 5.41) is 14.4. The van der Waals surface area contributed by atoms with Gasteiger partial charge in [0.2, 0.25) is 0 Å². The van der Waals surface area contributed by atoms with Crippen molar-refractivity contribution < 1.29 is 14.6 Å². The smallest absolute Gasteiger partial charge is 0.274 e. The maximum atomic E-state index is 13.5. The number of hydrogen-bond acceptors (Lipinski definition) is 10. The number of pyridine rings is 2. The van der Waals surface area contributed by atoms with Crippen LogP contribution in [-0.4, -0.2) is 84.6 Å². The summed E-state index contributed by atoms with van der Waals surface area (Å²) in [7, 11) is 0. The van der Waals surface area contributed by atoms with E-state index >= 15 is 0 Å². The van der Waals surface area contributed by atoms with Gasteiger partial charge in [0.15, 0.2) is 16.6 Å². The highest BCUT2D eigenvalue weighted by Gasteiger charge is 2.25. The monoisotopic (exact) mass is 537 g/mol. The van der Waals surface area contributed by atoms with Gasteiger partial charge >= 0.3 is 0 Å². The van der Waals surface area contributed by atoms with E-state index in [1.807, 2.05) is 18.2 Å². The van der Waals surface area contributed by atoms with Crippen LogP contribution < -0.4 is 20.0 Å². The maximum absolute atomic E-state index is 13.5. The normalized spacial score (nSPS) is 21.0. The van der Waals surface area contributed by atoms with Gasteiger partial charge < -0.3 is 29.9 Å². The highest BCUT2D eigenvalue weighted by atomic mass is 32.1. The van der Waals surface area contributed by atoms with Crippen LogP contribution in [0, 0.1) is 0 Å². The first-order chi connectivity index (χ1) is 18.6. The van der Waals surface area contributed by atoms with Crippen LogP contribution in [0.4, 0.5) is 22.5 Å². The summed E-state index contributed by atoms with van der Waals surface area (Å²) < 4.78 is 6.41. The number of aliphatic hydroxyl groups is 1. The predicted molar refractivity (Wildman–Crippen MR) is 151 cm³/mol. The summed E-state index contributed by atoms with van der Waals surface area (Å²) in [5.74, 6) is 1.23. The van der Waals surface area contributed by atoms with Crippen molar-refractivity contribution in [2.24, 2.45) is 0 Å². The first-order valence-corrected chi connectivity index (χ1v) is 14.6. The summed E-state index contributed by atoms with van der Waals surface area (Å²) in [4.78, 5) is 34.5. The molecule has 0 bridgehead atoms. The number of rotatable bonds is 5. The Bertz CT molecular complexity index is 1270. The van der Waals surface area contributed by atoms with Crippen LogP contribution in [0.15, 0.2) is 24.3 Å². The van der Waals surface area contributed by atoms with Gasteiger partial charge in [-0.15, -0.1) is 0 Å². The molecule has 11 heteroatoms. The number of carbonyl (C=O) groups excluding carboxylic acids is 1. The lowest BCUT2D eigenvalue weighted by Gasteiger charge is -2.32. The predicted octanol–water partition coefficient (Wildman–Crippen LogP) is 3.52. The van der Waals surface area contributed by atoms with Crippen LogP contribution >= 0.6 is 11.3 Å². The molecule has 0 unspecified atom stereocenters. The Morgan fingerprint density at radius 2 is 1.74 bits per heavy atom. The van der Waals surface area contributed by atoms with Crippen molar-refractivity contribution in [3.63, 3.8) is 0 Å². The number of β-amino-alcohol motifs (C(OH)–C–C–N with tert-alkyl or cyclic N) is 1. The van der Waals surface area contributed by atoms with Gasteiger partial charge in [-0.2, -0.15) is 4.98 Å². The highest BCUT2D eigenvalue weighted by Crippen LogP contribution is 2.35. The molecule has 2 N–H and O–H groups in total. The number of nitrogens with one attached hydrogen (secondary N) is 1. The van der Waals surface area contributed by atoms with E-state index in [1.165, 1.54) is 12.8 Å². The zero-order valence-electron chi connectivity index (χ0n) is 21.6. The van der Waals surface area contributed by atoms with E-state index in [0.717, 1.165) is 74.1 Å². The number of thiazole rings is 1. The molecule has 3 aliphatic heterocycles. The fourth-order valence-electron chi connectivity index (χ4n) is 5.42. The fraction of sp³-hybridized carbons (Fsp3) is 0.556. The molecule has 3 aliphatic rings. The van der Waals surface area contributed by atoms with E-state index in [1.54, 1.807) is 17.4 Å². The molecule has 3 saturated heterocycles. The van der Waals surface area contributed by atoms with Crippen molar-refractivity contribution >= 4 is 50.0 Å². The maximum Gasteiger partial charge on any atom is 0.274 e. The average molecular weight is 538 g/mol. The minimum absolute atomic E-state index is 0.264. The number of morpholine rings is 1. The zero-order valence-corrected chi connectivity index (χ0v) is 22.5. The van der Waals surface area contributed by atoms with Crippen LogP contribution in [0.3, 0.4) is 0 Å². The van der Waals surface area contributed by atoms with Gasteiger partial charge in [-0.1, -0.05) is 30.2 Å². The molecule has 6 heterocycles. The minimum Gasteiger partial charge on any atom is -0.391 e. The molecule has 0 radical (unpaired) electrons.